The number of aryl methyl sites for hydroxylation is 1. The van der Waals surface area contributed by atoms with Crippen LogP contribution >= 0.6 is 0 Å². The molecule has 1 saturated heterocycles. The fourth-order valence-corrected chi connectivity index (χ4v) is 4.46. The van der Waals surface area contributed by atoms with Crippen molar-refractivity contribution in [3.8, 4) is 5.75 Å². The van der Waals surface area contributed by atoms with E-state index in [2.05, 4.69) is 0 Å². The molecule has 164 valence electrons. The summed E-state index contributed by atoms with van der Waals surface area (Å²) in [6, 6.07) is 7.49. The maximum atomic E-state index is 12.9. The number of para-hydroxylation sites is 1. The van der Waals surface area contributed by atoms with Crippen LogP contribution < -0.4 is 9.64 Å². The molecule has 0 saturated carbocycles. The van der Waals surface area contributed by atoms with Gasteiger partial charge in [-0.05, 0) is 32.3 Å². The van der Waals surface area contributed by atoms with Crippen LogP contribution in [0.25, 0.3) is 0 Å². The summed E-state index contributed by atoms with van der Waals surface area (Å²) in [7, 11) is 3.14. The van der Waals surface area contributed by atoms with Gasteiger partial charge in [-0.3, -0.25) is 14.5 Å². The number of likely N-dealkylation sites (tertiary alicyclic amines) is 1. The standard InChI is InChI=1S/C23H28N4O4/c1-15-17-10-11-20(28)27(13-16-7-4-5-9-19(16)31-3)23(17)25-22(24-15)18-8-6-12-26(18)21(29)14-30-2/h4-5,7,9,18H,6,8,10-14H2,1-3H3. The van der Waals surface area contributed by atoms with Crippen molar-refractivity contribution in [2.45, 2.75) is 45.2 Å². The number of nitrogens with zero attached hydrogens (tertiary/aromatic N) is 4. The lowest BCUT2D eigenvalue weighted by Crippen LogP contribution is -2.38. The summed E-state index contributed by atoms with van der Waals surface area (Å²) >= 11 is 0. The Morgan fingerprint density at radius 2 is 2.00 bits per heavy atom. The summed E-state index contributed by atoms with van der Waals surface area (Å²) in [5, 5.41) is 0. The van der Waals surface area contributed by atoms with Crippen molar-refractivity contribution in [2.24, 2.45) is 0 Å². The van der Waals surface area contributed by atoms with Gasteiger partial charge in [0.1, 0.15) is 18.2 Å². The predicted octanol–water partition coefficient (Wildman–Crippen LogP) is 2.58. The number of carbonyl (C=O) groups is 2. The highest BCUT2D eigenvalue weighted by atomic mass is 16.5. The van der Waals surface area contributed by atoms with Gasteiger partial charge < -0.3 is 14.4 Å². The van der Waals surface area contributed by atoms with E-state index in [1.54, 1.807) is 16.9 Å². The summed E-state index contributed by atoms with van der Waals surface area (Å²) in [5.74, 6) is 1.95. The molecule has 31 heavy (non-hydrogen) atoms. The number of anilines is 1. The normalized spacial score (nSPS) is 18.3. The third-order valence-corrected chi connectivity index (χ3v) is 6.01. The van der Waals surface area contributed by atoms with Crippen LogP contribution in [0, 0.1) is 6.92 Å². The minimum Gasteiger partial charge on any atom is -0.496 e. The number of hydrogen-bond acceptors (Lipinski definition) is 6. The SMILES string of the molecule is COCC(=O)N1CCCC1c1nc(C)c2c(n1)N(Cc1ccccc1OC)C(=O)CC2. The Kier molecular flexibility index (Phi) is 6.18. The smallest absolute Gasteiger partial charge is 0.249 e. The van der Waals surface area contributed by atoms with Gasteiger partial charge in [0.05, 0.1) is 19.7 Å². The third-order valence-electron chi connectivity index (χ3n) is 6.01. The highest BCUT2D eigenvalue weighted by molar-refractivity contribution is 5.95. The van der Waals surface area contributed by atoms with Gasteiger partial charge in [-0.25, -0.2) is 9.97 Å². The first-order valence-corrected chi connectivity index (χ1v) is 10.6. The lowest BCUT2D eigenvalue weighted by molar-refractivity contribution is -0.136. The maximum absolute atomic E-state index is 12.9. The molecule has 1 unspecified atom stereocenters. The molecule has 0 bridgehead atoms. The molecule has 2 aliphatic rings. The summed E-state index contributed by atoms with van der Waals surface area (Å²) in [5.41, 5.74) is 2.77. The fourth-order valence-electron chi connectivity index (χ4n) is 4.46. The lowest BCUT2D eigenvalue weighted by Gasteiger charge is -2.31. The number of aromatic nitrogens is 2. The number of carbonyl (C=O) groups excluding carboxylic acids is 2. The van der Waals surface area contributed by atoms with E-state index in [4.69, 9.17) is 19.4 Å². The average molecular weight is 425 g/mol. The number of hydrogen-bond donors (Lipinski definition) is 0. The first kappa shape index (κ1) is 21.2. The molecule has 8 nitrogen and oxygen atoms in total. The molecule has 0 N–H and O–H groups in total. The topological polar surface area (TPSA) is 84.9 Å². The molecule has 2 aliphatic heterocycles. The Bertz CT molecular complexity index is 994. The van der Waals surface area contributed by atoms with Crippen molar-refractivity contribution in [2.75, 3.05) is 32.3 Å². The Hall–Kier alpha value is -3.00. The number of fused-ring (bicyclic) bond motifs is 1. The zero-order valence-corrected chi connectivity index (χ0v) is 18.3. The van der Waals surface area contributed by atoms with Gasteiger partial charge in [0, 0.05) is 36.9 Å². The van der Waals surface area contributed by atoms with Gasteiger partial charge in [-0.15, -0.1) is 0 Å². The number of benzene rings is 1. The van der Waals surface area contributed by atoms with Crippen LogP contribution in [-0.2, 0) is 27.3 Å². The van der Waals surface area contributed by atoms with E-state index in [0.29, 0.717) is 37.6 Å². The van der Waals surface area contributed by atoms with E-state index < -0.39 is 0 Å². The number of amides is 2. The highest BCUT2D eigenvalue weighted by Gasteiger charge is 2.35. The molecule has 0 aliphatic carbocycles. The van der Waals surface area contributed by atoms with Gasteiger partial charge in [0.15, 0.2) is 5.82 Å². The van der Waals surface area contributed by atoms with E-state index in [9.17, 15) is 9.59 Å². The van der Waals surface area contributed by atoms with Crippen molar-refractivity contribution in [3.05, 3.63) is 46.9 Å². The Morgan fingerprint density at radius 1 is 1.19 bits per heavy atom. The molecule has 1 aromatic heterocycles. The molecule has 3 heterocycles. The Labute approximate surface area is 182 Å². The summed E-state index contributed by atoms with van der Waals surface area (Å²) in [6.45, 7) is 3.04. The van der Waals surface area contributed by atoms with Crippen molar-refractivity contribution in [1.29, 1.82) is 0 Å². The second kappa shape index (κ2) is 9.01. The second-order valence-electron chi connectivity index (χ2n) is 7.94. The molecule has 1 fully saturated rings. The molecule has 1 atom stereocenters. The van der Waals surface area contributed by atoms with E-state index in [-0.39, 0.29) is 24.5 Å². The fraction of sp³-hybridized carbons (Fsp3) is 0.478. The quantitative estimate of drug-likeness (QED) is 0.709. The highest BCUT2D eigenvalue weighted by Crippen LogP contribution is 2.35. The lowest BCUT2D eigenvalue weighted by atomic mass is 10.0. The van der Waals surface area contributed by atoms with Crippen molar-refractivity contribution < 1.29 is 19.1 Å². The van der Waals surface area contributed by atoms with Crippen LogP contribution in [-0.4, -0.2) is 54.1 Å². The van der Waals surface area contributed by atoms with Crippen LogP contribution in [0.1, 0.15) is 47.9 Å². The van der Waals surface area contributed by atoms with Crippen molar-refractivity contribution in [3.63, 3.8) is 0 Å². The monoisotopic (exact) mass is 424 g/mol. The van der Waals surface area contributed by atoms with E-state index in [1.165, 1.54) is 7.11 Å². The zero-order valence-electron chi connectivity index (χ0n) is 18.3. The predicted molar refractivity (Wildman–Crippen MR) is 115 cm³/mol. The van der Waals surface area contributed by atoms with Gasteiger partial charge in [-0.1, -0.05) is 18.2 Å². The zero-order chi connectivity index (χ0) is 22.0. The summed E-state index contributed by atoms with van der Waals surface area (Å²) in [6.07, 6.45) is 2.74. The minimum absolute atomic E-state index is 0.0289. The molecular weight excluding hydrogens is 396 g/mol. The average Bonchev–Trinajstić information content (AvgIpc) is 3.26. The van der Waals surface area contributed by atoms with E-state index in [0.717, 1.165) is 35.4 Å². The first-order valence-electron chi connectivity index (χ1n) is 10.6. The number of ether oxygens (including phenoxy) is 2. The third kappa shape index (κ3) is 4.12. The van der Waals surface area contributed by atoms with Crippen LogP contribution in [0.4, 0.5) is 5.82 Å². The van der Waals surface area contributed by atoms with Crippen LogP contribution in [0.2, 0.25) is 0 Å². The molecule has 1 aromatic carbocycles. The van der Waals surface area contributed by atoms with Crippen molar-refractivity contribution >= 4 is 17.6 Å². The summed E-state index contributed by atoms with van der Waals surface area (Å²) < 4.78 is 10.5. The van der Waals surface area contributed by atoms with E-state index in [1.807, 2.05) is 31.2 Å². The molecule has 0 spiro atoms. The van der Waals surface area contributed by atoms with Gasteiger partial charge in [-0.2, -0.15) is 0 Å². The Balaban J connectivity index is 1.71. The largest absolute Gasteiger partial charge is 0.496 e. The molecule has 2 aromatic rings. The maximum Gasteiger partial charge on any atom is 0.249 e. The van der Waals surface area contributed by atoms with Gasteiger partial charge >= 0.3 is 0 Å². The number of rotatable bonds is 6. The minimum atomic E-state index is -0.197. The van der Waals surface area contributed by atoms with Gasteiger partial charge in [0.2, 0.25) is 11.8 Å². The molecule has 8 heteroatoms. The number of methoxy groups -OCH3 is 2. The summed E-state index contributed by atoms with van der Waals surface area (Å²) in [4.78, 5) is 38.5. The second-order valence-corrected chi connectivity index (χ2v) is 7.94. The van der Waals surface area contributed by atoms with E-state index >= 15 is 0 Å². The molecule has 4 rings (SSSR count). The molecular formula is C23H28N4O4. The Morgan fingerprint density at radius 3 is 2.77 bits per heavy atom. The first-order chi connectivity index (χ1) is 15.0. The van der Waals surface area contributed by atoms with Crippen LogP contribution in [0.5, 0.6) is 5.75 Å². The molecule has 0 radical (unpaired) electrons. The van der Waals surface area contributed by atoms with Crippen LogP contribution in [0.3, 0.4) is 0 Å². The molecule has 2 amide bonds. The van der Waals surface area contributed by atoms with Gasteiger partial charge in [0.25, 0.3) is 0 Å². The van der Waals surface area contributed by atoms with Crippen LogP contribution in [0.15, 0.2) is 24.3 Å². The van der Waals surface area contributed by atoms with Crippen molar-refractivity contribution in [1.82, 2.24) is 14.9 Å².